The lowest BCUT2D eigenvalue weighted by Crippen LogP contribution is -2.41. The number of fused-ring (bicyclic) bond motifs is 1. The van der Waals surface area contributed by atoms with Crippen LogP contribution < -0.4 is 15.0 Å². The van der Waals surface area contributed by atoms with Crippen LogP contribution in [0.3, 0.4) is 0 Å². The molecule has 1 aliphatic heterocycles. The van der Waals surface area contributed by atoms with Crippen LogP contribution in [0.2, 0.25) is 0 Å². The summed E-state index contributed by atoms with van der Waals surface area (Å²) in [5.41, 5.74) is 2.70. The van der Waals surface area contributed by atoms with Crippen LogP contribution in [0.15, 0.2) is 53.7 Å². The Bertz CT molecular complexity index is 1130. The Labute approximate surface area is 191 Å². The number of anilines is 2. The Kier molecular flexibility index (Phi) is 6.45. The minimum atomic E-state index is -0.342. The largest absolute Gasteiger partial charge is 0.482 e. The number of ether oxygens (including phenoxy) is 1. The topological polar surface area (TPSA) is 89.3 Å². The van der Waals surface area contributed by atoms with Gasteiger partial charge in [-0.05, 0) is 43.2 Å². The van der Waals surface area contributed by atoms with Crippen molar-refractivity contribution in [2.45, 2.75) is 31.5 Å². The summed E-state index contributed by atoms with van der Waals surface area (Å²) in [5.74, 6) is 1.25. The van der Waals surface area contributed by atoms with Gasteiger partial charge in [-0.3, -0.25) is 14.5 Å². The van der Waals surface area contributed by atoms with Gasteiger partial charge in [0.05, 0.1) is 17.5 Å². The van der Waals surface area contributed by atoms with Crippen LogP contribution >= 0.6 is 11.8 Å². The monoisotopic (exact) mass is 451 g/mol. The van der Waals surface area contributed by atoms with Crippen molar-refractivity contribution in [2.24, 2.45) is 7.05 Å². The van der Waals surface area contributed by atoms with Gasteiger partial charge in [0.15, 0.2) is 17.6 Å². The van der Waals surface area contributed by atoms with Crippen molar-refractivity contribution in [3.63, 3.8) is 0 Å². The molecule has 2 heterocycles. The van der Waals surface area contributed by atoms with Crippen LogP contribution in [0.4, 0.5) is 11.4 Å². The van der Waals surface area contributed by atoms with Gasteiger partial charge in [0.1, 0.15) is 5.75 Å². The molecule has 4 rings (SSSR count). The number of nitrogens with zero attached hydrogens (tertiary/aromatic N) is 4. The molecule has 1 aliphatic rings. The van der Waals surface area contributed by atoms with E-state index < -0.39 is 0 Å². The fourth-order valence-electron chi connectivity index (χ4n) is 3.63. The normalized spacial score (nSPS) is 14.0. The zero-order valence-corrected chi connectivity index (χ0v) is 19.1. The summed E-state index contributed by atoms with van der Waals surface area (Å²) in [6, 6.07) is 14.9. The van der Waals surface area contributed by atoms with E-state index in [0.29, 0.717) is 22.4 Å². The van der Waals surface area contributed by atoms with Crippen LogP contribution in [0.1, 0.15) is 31.3 Å². The first-order valence-corrected chi connectivity index (χ1v) is 11.4. The summed E-state index contributed by atoms with van der Waals surface area (Å²) < 4.78 is 7.35. The molecule has 8 nitrogen and oxygen atoms in total. The standard InChI is InChI=1S/C23H25N5O3S/c1-4-16-9-11-17(12-10-16)24-20(29)14-32-23-26-25-22(27(23)3)15(2)28-18-7-5-6-8-19(18)31-13-21(28)30/h5-12,15H,4,13-14H2,1-3H3,(H,24,29)/t15-/m1/s1. The number of amides is 2. The molecule has 0 aliphatic carbocycles. The van der Waals surface area contributed by atoms with Crippen molar-refractivity contribution < 1.29 is 14.3 Å². The lowest BCUT2D eigenvalue weighted by Gasteiger charge is -2.33. The Balaban J connectivity index is 1.43. The molecule has 2 aromatic carbocycles. The quantitative estimate of drug-likeness (QED) is 0.552. The van der Waals surface area contributed by atoms with Crippen molar-refractivity contribution in [1.29, 1.82) is 0 Å². The van der Waals surface area contributed by atoms with Crippen LogP contribution in [-0.2, 0) is 23.1 Å². The third-order valence-corrected chi connectivity index (χ3v) is 6.37. The van der Waals surface area contributed by atoms with Gasteiger partial charge in [-0.25, -0.2) is 0 Å². The van der Waals surface area contributed by atoms with E-state index in [0.717, 1.165) is 12.1 Å². The first kappa shape index (κ1) is 21.9. The number of aryl methyl sites for hydroxylation is 1. The average Bonchev–Trinajstić information content (AvgIpc) is 3.18. The highest BCUT2D eigenvalue weighted by atomic mass is 32.2. The van der Waals surface area contributed by atoms with Gasteiger partial charge in [0, 0.05) is 12.7 Å². The fraction of sp³-hybridized carbons (Fsp3) is 0.304. The van der Waals surface area contributed by atoms with E-state index in [9.17, 15) is 9.59 Å². The predicted molar refractivity (Wildman–Crippen MR) is 124 cm³/mol. The molecule has 0 saturated heterocycles. The molecule has 9 heteroatoms. The van der Waals surface area contributed by atoms with E-state index >= 15 is 0 Å². The van der Waals surface area contributed by atoms with Gasteiger partial charge in [-0.15, -0.1) is 10.2 Å². The summed E-state index contributed by atoms with van der Waals surface area (Å²) in [5, 5.41) is 12.1. The SMILES string of the molecule is CCc1ccc(NC(=O)CSc2nnc([C@@H](C)N3C(=O)COc4ccccc43)n2C)cc1. The Hall–Kier alpha value is -3.33. The molecule has 1 atom stereocenters. The molecule has 0 fully saturated rings. The number of carbonyl (C=O) groups is 2. The lowest BCUT2D eigenvalue weighted by molar-refractivity contribution is -0.121. The Morgan fingerprint density at radius 2 is 1.94 bits per heavy atom. The maximum atomic E-state index is 12.6. The summed E-state index contributed by atoms with van der Waals surface area (Å²) in [7, 11) is 1.84. The molecule has 0 radical (unpaired) electrons. The number of nitrogens with one attached hydrogen (secondary N) is 1. The highest BCUT2D eigenvalue weighted by Gasteiger charge is 2.32. The van der Waals surface area contributed by atoms with Gasteiger partial charge < -0.3 is 14.6 Å². The Morgan fingerprint density at radius 1 is 1.19 bits per heavy atom. The van der Waals surface area contributed by atoms with Gasteiger partial charge in [0.25, 0.3) is 5.91 Å². The zero-order valence-electron chi connectivity index (χ0n) is 18.2. The van der Waals surface area contributed by atoms with E-state index in [1.807, 2.05) is 67.1 Å². The van der Waals surface area contributed by atoms with Gasteiger partial charge in [-0.1, -0.05) is 43.0 Å². The van der Waals surface area contributed by atoms with Crippen molar-refractivity contribution in [3.8, 4) is 5.75 Å². The third kappa shape index (κ3) is 4.47. The van der Waals surface area contributed by atoms with E-state index in [2.05, 4.69) is 22.4 Å². The minimum Gasteiger partial charge on any atom is -0.482 e. The molecule has 1 N–H and O–H groups in total. The van der Waals surface area contributed by atoms with E-state index in [4.69, 9.17) is 4.74 Å². The molecule has 166 valence electrons. The van der Waals surface area contributed by atoms with Crippen molar-refractivity contribution in [2.75, 3.05) is 22.6 Å². The first-order chi connectivity index (χ1) is 15.5. The summed E-state index contributed by atoms with van der Waals surface area (Å²) in [4.78, 5) is 26.7. The van der Waals surface area contributed by atoms with Crippen LogP contribution in [0.25, 0.3) is 0 Å². The number of hydrogen-bond acceptors (Lipinski definition) is 6. The number of rotatable bonds is 7. The third-order valence-electron chi connectivity index (χ3n) is 5.35. The van der Waals surface area contributed by atoms with Gasteiger partial charge in [0.2, 0.25) is 5.91 Å². The van der Waals surface area contributed by atoms with Crippen LogP contribution in [0, 0.1) is 0 Å². The summed E-state index contributed by atoms with van der Waals surface area (Å²) >= 11 is 1.30. The molecule has 0 unspecified atom stereocenters. The fourth-order valence-corrected chi connectivity index (χ4v) is 4.35. The lowest BCUT2D eigenvalue weighted by atomic mass is 10.1. The second-order valence-electron chi connectivity index (χ2n) is 7.48. The van der Waals surface area contributed by atoms with Gasteiger partial charge in [-0.2, -0.15) is 0 Å². The van der Waals surface area contributed by atoms with Crippen molar-refractivity contribution >= 4 is 35.0 Å². The molecule has 0 saturated carbocycles. The number of carbonyl (C=O) groups excluding carboxylic acids is 2. The number of thioether (sulfide) groups is 1. The highest BCUT2D eigenvalue weighted by molar-refractivity contribution is 7.99. The molecular weight excluding hydrogens is 426 g/mol. The first-order valence-electron chi connectivity index (χ1n) is 10.4. The highest BCUT2D eigenvalue weighted by Crippen LogP contribution is 2.37. The summed E-state index contributed by atoms with van der Waals surface area (Å²) in [6.07, 6.45) is 0.957. The smallest absolute Gasteiger partial charge is 0.265 e. The van der Waals surface area contributed by atoms with E-state index in [1.165, 1.54) is 17.3 Å². The Morgan fingerprint density at radius 3 is 2.69 bits per heavy atom. The second kappa shape index (κ2) is 9.44. The summed E-state index contributed by atoms with van der Waals surface area (Å²) in [6.45, 7) is 3.99. The number of hydrogen-bond donors (Lipinski definition) is 1. The van der Waals surface area contributed by atoms with Gasteiger partial charge >= 0.3 is 0 Å². The van der Waals surface area contributed by atoms with E-state index in [-0.39, 0.29) is 30.2 Å². The molecule has 1 aromatic heterocycles. The molecule has 0 bridgehead atoms. The molecule has 3 aromatic rings. The average molecular weight is 452 g/mol. The molecule has 2 amide bonds. The molecular formula is C23H25N5O3S. The molecule has 32 heavy (non-hydrogen) atoms. The maximum absolute atomic E-state index is 12.6. The second-order valence-corrected chi connectivity index (χ2v) is 8.43. The molecule has 0 spiro atoms. The minimum absolute atomic E-state index is 0.0137. The number of aromatic nitrogens is 3. The van der Waals surface area contributed by atoms with Crippen molar-refractivity contribution in [1.82, 2.24) is 14.8 Å². The van der Waals surface area contributed by atoms with Crippen LogP contribution in [-0.4, -0.2) is 38.9 Å². The number of para-hydroxylation sites is 2. The predicted octanol–water partition coefficient (Wildman–Crippen LogP) is 3.59. The number of benzene rings is 2. The maximum Gasteiger partial charge on any atom is 0.265 e. The zero-order chi connectivity index (χ0) is 22.7. The van der Waals surface area contributed by atoms with Crippen LogP contribution in [0.5, 0.6) is 5.75 Å². The van der Waals surface area contributed by atoms with E-state index in [1.54, 1.807) is 4.90 Å². The van der Waals surface area contributed by atoms with Crippen molar-refractivity contribution in [3.05, 3.63) is 59.9 Å².